The van der Waals surface area contributed by atoms with Gasteiger partial charge in [-0.3, -0.25) is 9.97 Å². The largest absolute Gasteiger partial charge is 0.438 e. The third kappa shape index (κ3) is 2.72. The van der Waals surface area contributed by atoms with Crippen molar-refractivity contribution in [2.24, 2.45) is 0 Å². The number of benzene rings is 2. The molecule has 0 N–H and O–H groups in total. The molecule has 1 aliphatic rings. The zero-order chi connectivity index (χ0) is 21.8. The molecule has 5 heterocycles. The van der Waals surface area contributed by atoms with Crippen molar-refractivity contribution in [3.05, 3.63) is 108 Å². The van der Waals surface area contributed by atoms with Gasteiger partial charge in [0.15, 0.2) is 11.5 Å². The van der Waals surface area contributed by atoms with Crippen LogP contribution in [0.25, 0.3) is 27.8 Å². The first-order valence-electron chi connectivity index (χ1n) is 10.6. The summed E-state index contributed by atoms with van der Waals surface area (Å²) in [6.07, 6.45) is 8.79. The van der Waals surface area contributed by atoms with Crippen LogP contribution in [0, 0.1) is 0 Å². The van der Waals surface area contributed by atoms with Gasteiger partial charge in [0.25, 0.3) is 0 Å². The molecule has 33 heavy (non-hydrogen) atoms. The molecule has 0 saturated carbocycles. The van der Waals surface area contributed by atoms with Crippen molar-refractivity contribution in [2.75, 3.05) is 0 Å². The first-order valence-corrected chi connectivity index (χ1v) is 10.6. The molecule has 0 aliphatic carbocycles. The van der Waals surface area contributed by atoms with E-state index in [1.54, 1.807) is 29.4 Å². The predicted molar refractivity (Wildman–Crippen MR) is 123 cm³/mol. The summed E-state index contributed by atoms with van der Waals surface area (Å²) in [4.78, 5) is 18.0. The lowest BCUT2D eigenvalue weighted by Gasteiger charge is -2.28. The Morgan fingerprint density at radius 2 is 1.76 bits per heavy atom. The Labute approximate surface area is 188 Å². The van der Waals surface area contributed by atoms with Crippen molar-refractivity contribution in [1.82, 2.24) is 29.5 Å². The second-order valence-electron chi connectivity index (χ2n) is 7.93. The smallest absolute Gasteiger partial charge is 0.228 e. The Kier molecular flexibility index (Phi) is 3.77. The van der Waals surface area contributed by atoms with E-state index in [-0.39, 0.29) is 5.92 Å². The molecule has 7 rings (SSSR count). The van der Waals surface area contributed by atoms with Crippen molar-refractivity contribution < 1.29 is 4.74 Å². The van der Waals surface area contributed by atoms with Crippen LogP contribution in [0.15, 0.2) is 91.8 Å². The molecule has 7 heteroatoms. The maximum atomic E-state index is 6.44. The van der Waals surface area contributed by atoms with Gasteiger partial charge in [-0.2, -0.15) is 0 Å². The van der Waals surface area contributed by atoms with Gasteiger partial charge < -0.3 is 4.74 Å². The van der Waals surface area contributed by atoms with E-state index in [0.29, 0.717) is 17.4 Å². The average Bonchev–Trinajstić information content (AvgIpc) is 3.33. The van der Waals surface area contributed by atoms with Crippen LogP contribution >= 0.6 is 0 Å². The summed E-state index contributed by atoms with van der Waals surface area (Å²) in [6, 6.07) is 20.3. The lowest BCUT2D eigenvalue weighted by atomic mass is 9.83. The summed E-state index contributed by atoms with van der Waals surface area (Å²) < 4.78 is 8.16. The van der Waals surface area contributed by atoms with Crippen molar-refractivity contribution in [1.29, 1.82) is 0 Å². The standard InChI is InChI=1S/C26H16N6O/c1-2-6-19-16(4-1)7-8-20-21(18-5-3-11-28-14-18)22-25-30-24(17-9-12-27-13-10-17)31-32(25)15-29-26(22)33-23(19)20/h1-15,21H/t21-/m1/s1. The summed E-state index contributed by atoms with van der Waals surface area (Å²) in [5, 5.41) is 6.84. The molecule has 2 aromatic carbocycles. The quantitative estimate of drug-likeness (QED) is 0.385. The van der Waals surface area contributed by atoms with Crippen LogP contribution in [-0.4, -0.2) is 29.5 Å². The number of hydrogen-bond acceptors (Lipinski definition) is 6. The van der Waals surface area contributed by atoms with Gasteiger partial charge in [0.2, 0.25) is 5.88 Å². The highest BCUT2D eigenvalue weighted by Crippen LogP contribution is 2.50. The van der Waals surface area contributed by atoms with E-state index in [1.807, 2.05) is 36.5 Å². The van der Waals surface area contributed by atoms with Crippen molar-refractivity contribution in [2.45, 2.75) is 5.92 Å². The minimum atomic E-state index is -0.146. The van der Waals surface area contributed by atoms with Gasteiger partial charge in [-0.1, -0.05) is 42.5 Å². The fourth-order valence-electron chi connectivity index (χ4n) is 4.56. The normalized spacial score (nSPS) is 14.6. The predicted octanol–water partition coefficient (Wildman–Crippen LogP) is 5.02. The van der Waals surface area contributed by atoms with E-state index in [9.17, 15) is 0 Å². The molecule has 0 amide bonds. The molecule has 0 spiro atoms. The van der Waals surface area contributed by atoms with Gasteiger partial charge in [-0.15, -0.1) is 5.10 Å². The fraction of sp³-hybridized carbons (Fsp3) is 0.0385. The maximum absolute atomic E-state index is 6.44. The third-order valence-electron chi connectivity index (χ3n) is 6.05. The minimum absolute atomic E-state index is 0.146. The number of fused-ring (bicyclic) bond motifs is 6. The minimum Gasteiger partial charge on any atom is -0.438 e. The van der Waals surface area contributed by atoms with Gasteiger partial charge in [-0.05, 0) is 29.1 Å². The second-order valence-corrected chi connectivity index (χ2v) is 7.93. The van der Waals surface area contributed by atoms with E-state index in [1.165, 1.54) is 0 Å². The Morgan fingerprint density at radius 1 is 0.848 bits per heavy atom. The molecular formula is C26H16N6O. The Balaban J connectivity index is 1.53. The molecule has 0 radical (unpaired) electrons. The highest BCUT2D eigenvalue weighted by Gasteiger charge is 2.34. The molecule has 6 aromatic rings. The van der Waals surface area contributed by atoms with E-state index >= 15 is 0 Å². The summed E-state index contributed by atoms with van der Waals surface area (Å²) >= 11 is 0. The van der Waals surface area contributed by atoms with Gasteiger partial charge in [0.05, 0.1) is 5.56 Å². The van der Waals surface area contributed by atoms with E-state index in [0.717, 1.165) is 38.8 Å². The molecule has 0 bridgehead atoms. The molecule has 0 unspecified atom stereocenters. The van der Waals surface area contributed by atoms with Crippen LogP contribution in [0.3, 0.4) is 0 Å². The first-order chi connectivity index (χ1) is 16.4. The van der Waals surface area contributed by atoms with Crippen LogP contribution in [0.2, 0.25) is 0 Å². The third-order valence-corrected chi connectivity index (χ3v) is 6.05. The highest BCUT2D eigenvalue weighted by molar-refractivity contribution is 5.91. The van der Waals surface area contributed by atoms with Crippen LogP contribution in [-0.2, 0) is 0 Å². The van der Waals surface area contributed by atoms with Gasteiger partial charge in [0, 0.05) is 47.2 Å². The first kappa shape index (κ1) is 18.0. The Bertz CT molecular complexity index is 1650. The SMILES string of the molecule is c1cncc([C@@H]2c3ccc4ccccc4c3Oc3ncn4nc(-c5ccncc5)nc4c32)c1. The number of rotatable bonds is 2. The Hall–Kier alpha value is -4.65. The lowest BCUT2D eigenvalue weighted by Crippen LogP contribution is -2.15. The van der Waals surface area contributed by atoms with Crippen molar-refractivity contribution in [3.8, 4) is 23.0 Å². The number of hydrogen-bond donors (Lipinski definition) is 0. The second kappa shape index (κ2) is 6.93. The number of ether oxygens (including phenoxy) is 1. The average molecular weight is 428 g/mol. The molecular weight excluding hydrogens is 412 g/mol. The van der Waals surface area contributed by atoms with Gasteiger partial charge >= 0.3 is 0 Å². The molecule has 4 aromatic heterocycles. The number of aromatic nitrogens is 6. The summed E-state index contributed by atoms with van der Waals surface area (Å²) in [5.74, 6) is 1.82. The summed E-state index contributed by atoms with van der Waals surface area (Å²) in [5.41, 5.74) is 4.57. The van der Waals surface area contributed by atoms with Crippen molar-refractivity contribution in [3.63, 3.8) is 0 Å². The molecule has 156 valence electrons. The van der Waals surface area contributed by atoms with E-state index in [2.05, 4.69) is 50.4 Å². The highest BCUT2D eigenvalue weighted by atomic mass is 16.5. The molecule has 0 saturated heterocycles. The summed E-state index contributed by atoms with van der Waals surface area (Å²) in [6.45, 7) is 0. The summed E-state index contributed by atoms with van der Waals surface area (Å²) in [7, 11) is 0. The van der Waals surface area contributed by atoms with Crippen LogP contribution in [0.4, 0.5) is 0 Å². The van der Waals surface area contributed by atoms with Crippen LogP contribution in [0.1, 0.15) is 22.6 Å². The van der Waals surface area contributed by atoms with E-state index in [4.69, 9.17) is 9.72 Å². The molecule has 1 atom stereocenters. The van der Waals surface area contributed by atoms with Crippen LogP contribution < -0.4 is 4.74 Å². The topological polar surface area (TPSA) is 78.1 Å². The van der Waals surface area contributed by atoms with Crippen molar-refractivity contribution >= 4 is 16.4 Å². The fourth-order valence-corrected chi connectivity index (χ4v) is 4.56. The number of pyridine rings is 2. The zero-order valence-corrected chi connectivity index (χ0v) is 17.3. The zero-order valence-electron chi connectivity index (χ0n) is 17.3. The van der Waals surface area contributed by atoms with Crippen LogP contribution in [0.5, 0.6) is 11.6 Å². The van der Waals surface area contributed by atoms with Gasteiger partial charge in [0.1, 0.15) is 12.1 Å². The lowest BCUT2D eigenvalue weighted by molar-refractivity contribution is 0.437. The number of nitrogens with zero attached hydrogens (tertiary/aromatic N) is 6. The monoisotopic (exact) mass is 428 g/mol. The molecule has 7 nitrogen and oxygen atoms in total. The Morgan fingerprint density at radius 3 is 2.64 bits per heavy atom. The van der Waals surface area contributed by atoms with Gasteiger partial charge in [-0.25, -0.2) is 14.5 Å². The molecule has 0 fully saturated rings. The van der Waals surface area contributed by atoms with E-state index < -0.39 is 0 Å². The molecule has 1 aliphatic heterocycles. The maximum Gasteiger partial charge on any atom is 0.228 e.